The molecule has 8 nitrogen and oxygen atoms in total. The van der Waals surface area contributed by atoms with E-state index in [1.54, 1.807) is 25.1 Å². The largest absolute Gasteiger partial charge is 0.382 e. The van der Waals surface area contributed by atoms with Gasteiger partial charge in [-0.25, -0.2) is 9.78 Å². The molecule has 0 aliphatic carbocycles. The number of aromatic nitrogens is 2. The van der Waals surface area contributed by atoms with Gasteiger partial charge in [-0.2, -0.15) is 0 Å². The molecule has 28 heavy (non-hydrogen) atoms. The van der Waals surface area contributed by atoms with Crippen LogP contribution in [0, 0.1) is 0 Å². The number of urea groups is 1. The molecule has 0 spiro atoms. The van der Waals surface area contributed by atoms with Gasteiger partial charge in [0.25, 0.3) is 5.56 Å². The van der Waals surface area contributed by atoms with Crippen LogP contribution in [0.15, 0.2) is 28.2 Å². The number of hydrogen-bond acceptors (Lipinski definition) is 6. The number of benzene rings is 1. The number of carbonyl (C=O) groups excluding carboxylic acids is 2. The van der Waals surface area contributed by atoms with Crippen LogP contribution in [-0.2, 0) is 16.1 Å². The number of nitrogens with zero attached hydrogens (tertiary/aromatic N) is 2. The third-order valence-electron chi connectivity index (χ3n) is 3.87. The first-order valence-corrected chi connectivity index (χ1v) is 10.1. The van der Waals surface area contributed by atoms with Gasteiger partial charge in [-0.3, -0.25) is 19.5 Å². The van der Waals surface area contributed by atoms with E-state index in [9.17, 15) is 14.4 Å². The Hall–Kier alpha value is -2.10. The minimum absolute atomic E-state index is 0.209. The van der Waals surface area contributed by atoms with E-state index in [1.165, 1.54) is 11.6 Å². The molecule has 0 fully saturated rings. The molecule has 0 aliphatic rings. The standard InChI is InChI=1S/C18H23ClN4O4S/c1-4-27-9-5-8-23-16(25)13-7-6-12(19)10-14(13)21-18(23)28-11(2)15(24)22-17(26)20-3/h6-7,10-11H,4-5,8-9H2,1-3H3,(H2,20,22,24,26). The van der Waals surface area contributed by atoms with Crippen LogP contribution in [0.2, 0.25) is 5.02 Å². The highest BCUT2D eigenvalue weighted by atomic mass is 35.5. The Labute approximate surface area is 172 Å². The highest BCUT2D eigenvalue weighted by Crippen LogP contribution is 2.24. The van der Waals surface area contributed by atoms with E-state index in [-0.39, 0.29) is 5.56 Å². The summed E-state index contributed by atoms with van der Waals surface area (Å²) in [5, 5.41) is 5.21. The smallest absolute Gasteiger partial charge is 0.321 e. The lowest BCUT2D eigenvalue weighted by Gasteiger charge is -2.16. The Morgan fingerprint density at radius 3 is 2.82 bits per heavy atom. The number of hydrogen-bond donors (Lipinski definition) is 2. The molecular weight excluding hydrogens is 404 g/mol. The van der Waals surface area contributed by atoms with Crippen LogP contribution >= 0.6 is 23.4 Å². The fraction of sp³-hybridized carbons (Fsp3) is 0.444. The zero-order chi connectivity index (χ0) is 20.7. The van der Waals surface area contributed by atoms with E-state index in [0.29, 0.717) is 47.3 Å². The van der Waals surface area contributed by atoms with Crippen molar-refractivity contribution in [2.45, 2.75) is 37.2 Å². The minimum Gasteiger partial charge on any atom is -0.382 e. The summed E-state index contributed by atoms with van der Waals surface area (Å²) in [4.78, 5) is 41.0. The fourth-order valence-electron chi connectivity index (χ4n) is 2.42. The second-order valence-corrected chi connectivity index (χ2v) is 7.64. The van der Waals surface area contributed by atoms with Gasteiger partial charge in [0.05, 0.1) is 16.2 Å². The summed E-state index contributed by atoms with van der Waals surface area (Å²) in [7, 11) is 1.42. The van der Waals surface area contributed by atoms with Gasteiger partial charge in [0.1, 0.15) is 0 Å². The lowest BCUT2D eigenvalue weighted by Crippen LogP contribution is -2.41. The van der Waals surface area contributed by atoms with Crippen molar-refractivity contribution in [1.29, 1.82) is 0 Å². The van der Waals surface area contributed by atoms with Crippen molar-refractivity contribution in [2.24, 2.45) is 0 Å². The van der Waals surface area contributed by atoms with E-state index in [1.807, 2.05) is 6.92 Å². The molecule has 0 bridgehead atoms. The number of thioether (sulfide) groups is 1. The highest BCUT2D eigenvalue weighted by molar-refractivity contribution is 8.00. The maximum atomic E-state index is 13.0. The van der Waals surface area contributed by atoms with Crippen molar-refractivity contribution in [3.05, 3.63) is 33.6 Å². The number of amides is 3. The van der Waals surface area contributed by atoms with E-state index in [2.05, 4.69) is 15.6 Å². The Kier molecular flexibility index (Phi) is 8.28. The van der Waals surface area contributed by atoms with Crippen LogP contribution in [0.1, 0.15) is 20.3 Å². The first kappa shape index (κ1) is 22.2. The topological polar surface area (TPSA) is 102 Å². The Morgan fingerprint density at radius 1 is 1.39 bits per heavy atom. The second kappa shape index (κ2) is 10.4. The van der Waals surface area contributed by atoms with Crippen molar-refractivity contribution in [3.8, 4) is 0 Å². The van der Waals surface area contributed by atoms with Crippen molar-refractivity contribution >= 4 is 46.2 Å². The Bertz CT molecular complexity index is 918. The third kappa shape index (κ3) is 5.70. The van der Waals surface area contributed by atoms with Crippen LogP contribution < -0.4 is 16.2 Å². The molecule has 1 atom stereocenters. The van der Waals surface area contributed by atoms with Crippen molar-refractivity contribution in [3.63, 3.8) is 0 Å². The number of nitrogens with one attached hydrogen (secondary N) is 2. The van der Waals surface area contributed by atoms with Gasteiger partial charge in [-0.05, 0) is 38.5 Å². The fourth-order valence-corrected chi connectivity index (χ4v) is 3.52. The maximum absolute atomic E-state index is 13.0. The lowest BCUT2D eigenvalue weighted by atomic mass is 10.2. The van der Waals surface area contributed by atoms with E-state index in [4.69, 9.17) is 16.3 Å². The molecule has 1 unspecified atom stereocenters. The van der Waals surface area contributed by atoms with Gasteiger partial charge in [0, 0.05) is 31.8 Å². The summed E-state index contributed by atoms with van der Waals surface area (Å²) in [6.07, 6.45) is 0.626. The van der Waals surface area contributed by atoms with Crippen LogP contribution in [0.3, 0.4) is 0 Å². The lowest BCUT2D eigenvalue weighted by molar-refractivity contribution is -0.119. The summed E-state index contributed by atoms with van der Waals surface area (Å²) in [6, 6.07) is 4.30. The number of fused-ring (bicyclic) bond motifs is 1. The number of imide groups is 1. The van der Waals surface area contributed by atoms with Crippen molar-refractivity contribution in [2.75, 3.05) is 20.3 Å². The minimum atomic E-state index is -0.640. The Balaban J connectivity index is 2.36. The van der Waals surface area contributed by atoms with E-state index in [0.717, 1.165) is 11.8 Å². The van der Waals surface area contributed by atoms with Crippen LogP contribution in [-0.4, -0.2) is 47.0 Å². The van der Waals surface area contributed by atoms with Crippen LogP contribution in [0.4, 0.5) is 4.79 Å². The second-order valence-electron chi connectivity index (χ2n) is 5.89. The van der Waals surface area contributed by atoms with Gasteiger partial charge in [-0.1, -0.05) is 23.4 Å². The summed E-state index contributed by atoms with van der Waals surface area (Å²) >= 11 is 7.14. The summed E-state index contributed by atoms with van der Waals surface area (Å²) < 4.78 is 6.88. The number of carbonyl (C=O) groups is 2. The van der Waals surface area contributed by atoms with E-state index < -0.39 is 17.2 Å². The predicted octanol–water partition coefficient (Wildman–Crippen LogP) is 2.41. The normalized spacial score (nSPS) is 12.0. The van der Waals surface area contributed by atoms with Crippen molar-refractivity contribution < 1.29 is 14.3 Å². The van der Waals surface area contributed by atoms with Crippen LogP contribution in [0.25, 0.3) is 10.9 Å². The van der Waals surface area contributed by atoms with Gasteiger partial charge >= 0.3 is 6.03 Å². The molecule has 2 rings (SSSR count). The van der Waals surface area contributed by atoms with E-state index >= 15 is 0 Å². The number of halogens is 1. The monoisotopic (exact) mass is 426 g/mol. The SMILES string of the molecule is CCOCCCn1c(SC(C)C(=O)NC(=O)NC)nc2cc(Cl)ccc2c1=O. The molecule has 2 N–H and O–H groups in total. The molecule has 1 aromatic heterocycles. The third-order valence-corrected chi connectivity index (χ3v) is 5.20. The predicted molar refractivity (Wildman–Crippen MR) is 110 cm³/mol. The summed E-state index contributed by atoms with van der Waals surface area (Å²) in [5.41, 5.74) is 0.250. The molecule has 152 valence electrons. The first-order chi connectivity index (χ1) is 13.4. The molecule has 0 saturated heterocycles. The number of ether oxygens (including phenoxy) is 1. The highest BCUT2D eigenvalue weighted by Gasteiger charge is 2.20. The summed E-state index contributed by atoms with van der Waals surface area (Å²) in [5.74, 6) is -0.481. The molecule has 0 saturated carbocycles. The van der Waals surface area contributed by atoms with Gasteiger partial charge in [-0.15, -0.1) is 0 Å². The maximum Gasteiger partial charge on any atom is 0.321 e. The molecule has 1 aromatic carbocycles. The molecule has 2 aromatic rings. The molecule has 1 heterocycles. The first-order valence-electron chi connectivity index (χ1n) is 8.84. The van der Waals surface area contributed by atoms with Crippen LogP contribution in [0.5, 0.6) is 0 Å². The quantitative estimate of drug-likeness (QED) is 0.382. The molecule has 0 radical (unpaired) electrons. The zero-order valence-electron chi connectivity index (χ0n) is 16.0. The van der Waals surface area contributed by atoms with Gasteiger partial charge < -0.3 is 10.1 Å². The van der Waals surface area contributed by atoms with Crippen molar-refractivity contribution in [1.82, 2.24) is 20.2 Å². The molecule has 3 amide bonds. The van der Waals surface area contributed by atoms with Gasteiger partial charge in [0.2, 0.25) is 5.91 Å². The average molecular weight is 427 g/mol. The van der Waals surface area contributed by atoms with Gasteiger partial charge in [0.15, 0.2) is 5.16 Å². The molecule has 0 aliphatic heterocycles. The average Bonchev–Trinajstić information content (AvgIpc) is 2.66. The zero-order valence-corrected chi connectivity index (χ0v) is 17.5. The number of rotatable bonds is 8. The summed E-state index contributed by atoms with van der Waals surface area (Å²) in [6.45, 7) is 5.06. The Morgan fingerprint density at radius 2 is 2.14 bits per heavy atom. The molecule has 10 heteroatoms. The molecular formula is C18H23ClN4O4S.